The summed E-state index contributed by atoms with van der Waals surface area (Å²) < 4.78 is 13.7. The molecule has 2 aliphatic rings. The maximum absolute atomic E-state index is 13.7. The quantitative estimate of drug-likeness (QED) is 0.571. The highest BCUT2D eigenvalue weighted by Crippen LogP contribution is 2.30. The number of amides is 4. The van der Waals surface area contributed by atoms with Crippen molar-refractivity contribution < 1.29 is 18.8 Å². The van der Waals surface area contributed by atoms with E-state index < -0.39 is 17.5 Å². The van der Waals surface area contributed by atoms with E-state index in [-0.39, 0.29) is 11.7 Å². The average Bonchev–Trinajstić information content (AvgIpc) is 3.23. The summed E-state index contributed by atoms with van der Waals surface area (Å²) in [5.74, 6) is -0.951. The Bertz CT molecular complexity index is 1230. The normalized spacial score (nSPS) is 20.8. The zero-order valence-electron chi connectivity index (χ0n) is 16.2. The van der Waals surface area contributed by atoms with Gasteiger partial charge in [-0.1, -0.05) is 12.1 Å². The van der Waals surface area contributed by atoms with Gasteiger partial charge in [0.15, 0.2) is 0 Å². The number of carbonyl (C=O) groups excluding carboxylic acids is 3. The van der Waals surface area contributed by atoms with Gasteiger partial charge < -0.3 is 15.2 Å². The molecule has 0 radical (unpaired) electrons. The van der Waals surface area contributed by atoms with Gasteiger partial charge in [0.05, 0.1) is 0 Å². The van der Waals surface area contributed by atoms with Gasteiger partial charge in [0.1, 0.15) is 11.4 Å². The third-order valence-electron chi connectivity index (χ3n) is 5.96. The summed E-state index contributed by atoms with van der Waals surface area (Å²) >= 11 is 0. The lowest BCUT2D eigenvalue weighted by Gasteiger charge is -2.28. The molecule has 3 N–H and O–H groups in total. The zero-order chi connectivity index (χ0) is 21.0. The van der Waals surface area contributed by atoms with Gasteiger partial charge in [-0.3, -0.25) is 14.9 Å². The lowest BCUT2D eigenvalue weighted by Crippen LogP contribution is -2.41. The van der Waals surface area contributed by atoms with E-state index in [0.29, 0.717) is 30.6 Å². The molecular weight excluding hydrogens is 387 g/mol. The average molecular weight is 406 g/mol. The second-order valence-corrected chi connectivity index (χ2v) is 7.86. The Morgan fingerprint density at radius 2 is 2.00 bits per heavy atom. The van der Waals surface area contributed by atoms with Crippen molar-refractivity contribution in [1.29, 1.82) is 0 Å². The van der Waals surface area contributed by atoms with Crippen molar-refractivity contribution in [3.05, 3.63) is 70.7 Å². The van der Waals surface area contributed by atoms with Crippen LogP contribution in [0.2, 0.25) is 0 Å². The van der Waals surface area contributed by atoms with Crippen LogP contribution in [0.25, 0.3) is 10.9 Å². The highest BCUT2D eigenvalue weighted by atomic mass is 19.1. The van der Waals surface area contributed by atoms with E-state index in [1.165, 1.54) is 12.1 Å². The summed E-state index contributed by atoms with van der Waals surface area (Å²) in [6.45, 7) is 2.50. The maximum Gasteiger partial charge on any atom is 0.322 e. The van der Waals surface area contributed by atoms with Gasteiger partial charge in [0.25, 0.3) is 11.8 Å². The van der Waals surface area contributed by atoms with Crippen LogP contribution < -0.4 is 10.6 Å². The van der Waals surface area contributed by atoms with Crippen molar-refractivity contribution in [2.24, 2.45) is 0 Å². The lowest BCUT2D eigenvalue weighted by atomic mass is 9.90. The Hall–Kier alpha value is -3.68. The Morgan fingerprint density at radius 1 is 1.17 bits per heavy atom. The molecule has 3 heterocycles. The van der Waals surface area contributed by atoms with Gasteiger partial charge in [-0.25, -0.2) is 9.18 Å². The van der Waals surface area contributed by atoms with Crippen molar-refractivity contribution in [3.8, 4) is 0 Å². The first-order chi connectivity index (χ1) is 14.3. The minimum atomic E-state index is -1.23. The number of urea groups is 1. The van der Waals surface area contributed by atoms with Crippen LogP contribution in [-0.2, 0) is 23.3 Å². The molecule has 8 heteroatoms. The monoisotopic (exact) mass is 406 g/mol. The van der Waals surface area contributed by atoms with Crippen LogP contribution in [-0.4, -0.2) is 34.3 Å². The van der Waals surface area contributed by atoms with E-state index in [9.17, 15) is 18.8 Å². The Kier molecular flexibility index (Phi) is 3.92. The van der Waals surface area contributed by atoms with E-state index in [1.54, 1.807) is 42.2 Å². The minimum Gasteiger partial charge on any atom is -0.358 e. The highest BCUT2D eigenvalue weighted by molar-refractivity contribution is 6.07. The van der Waals surface area contributed by atoms with E-state index >= 15 is 0 Å². The summed E-state index contributed by atoms with van der Waals surface area (Å²) in [7, 11) is 0. The van der Waals surface area contributed by atoms with E-state index in [1.807, 2.05) is 0 Å². The number of imide groups is 1. The second-order valence-electron chi connectivity index (χ2n) is 7.86. The number of rotatable bonds is 2. The van der Waals surface area contributed by atoms with Crippen molar-refractivity contribution in [2.45, 2.75) is 25.4 Å². The number of H-pyrrole nitrogens is 1. The second kappa shape index (κ2) is 6.41. The Balaban J connectivity index is 1.45. The number of aromatic amines is 1. The summed E-state index contributed by atoms with van der Waals surface area (Å²) in [5.41, 5.74) is 2.53. The van der Waals surface area contributed by atoms with E-state index in [0.717, 1.165) is 22.2 Å². The Morgan fingerprint density at radius 3 is 2.77 bits per heavy atom. The van der Waals surface area contributed by atoms with Crippen molar-refractivity contribution >= 4 is 28.7 Å². The van der Waals surface area contributed by atoms with E-state index in [2.05, 4.69) is 15.6 Å². The third kappa shape index (κ3) is 2.75. The number of hydrogen-bond donors (Lipinski definition) is 3. The van der Waals surface area contributed by atoms with Gasteiger partial charge in [0.2, 0.25) is 0 Å². The first kappa shape index (κ1) is 18.4. The highest BCUT2D eigenvalue weighted by Gasteiger charge is 2.43. The molecule has 1 aromatic heterocycles. The molecule has 5 rings (SSSR count). The van der Waals surface area contributed by atoms with Gasteiger partial charge in [-0.05, 0) is 42.8 Å². The fourth-order valence-electron chi connectivity index (χ4n) is 4.25. The van der Waals surface area contributed by atoms with Crippen molar-refractivity contribution in [2.75, 3.05) is 6.54 Å². The number of hydrogen-bond acceptors (Lipinski definition) is 3. The number of aromatic nitrogens is 1. The van der Waals surface area contributed by atoms with Crippen LogP contribution in [0, 0.1) is 5.82 Å². The molecule has 0 spiro atoms. The van der Waals surface area contributed by atoms with E-state index in [4.69, 9.17) is 0 Å². The third-order valence-corrected chi connectivity index (χ3v) is 5.96. The van der Waals surface area contributed by atoms with Crippen LogP contribution in [0.1, 0.15) is 34.1 Å². The smallest absolute Gasteiger partial charge is 0.322 e. The summed E-state index contributed by atoms with van der Waals surface area (Å²) in [4.78, 5) is 42.0. The fourth-order valence-corrected chi connectivity index (χ4v) is 4.25. The first-order valence-corrected chi connectivity index (χ1v) is 9.67. The van der Waals surface area contributed by atoms with Crippen LogP contribution in [0.15, 0.2) is 42.5 Å². The predicted molar refractivity (Wildman–Crippen MR) is 107 cm³/mol. The standard InChI is InChI=1S/C22H19FN4O3/c1-22(20(29)25-21(30)26-22)13-4-2-3-12(9-13)19(28)27-8-7-18-16(11-27)15-10-14(23)5-6-17(15)24-18/h2-6,9-10,24H,7-8,11H2,1H3,(H2,25,26,29,30). The van der Waals surface area contributed by atoms with Crippen LogP contribution in [0.5, 0.6) is 0 Å². The summed E-state index contributed by atoms with van der Waals surface area (Å²) in [6, 6.07) is 10.8. The molecule has 3 aromatic rings. The largest absolute Gasteiger partial charge is 0.358 e. The van der Waals surface area contributed by atoms with Crippen molar-refractivity contribution in [3.63, 3.8) is 0 Å². The molecule has 0 aliphatic carbocycles. The van der Waals surface area contributed by atoms with Gasteiger partial charge in [-0.2, -0.15) is 0 Å². The fraction of sp³-hybridized carbons (Fsp3) is 0.227. The lowest BCUT2D eigenvalue weighted by molar-refractivity contribution is -0.123. The van der Waals surface area contributed by atoms with Crippen molar-refractivity contribution in [1.82, 2.24) is 20.5 Å². The molecule has 152 valence electrons. The minimum absolute atomic E-state index is 0.179. The number of benzene rings is 2. The van der Waals surface area contributed by atoms with Gasteiger partial charge >= 0.3 is 6.03 Å². The van der Waals surface area contributed by atoms with Crippen LogP contribution in [0.4, 0.5) is 9.18 Å². The molecule has 30 heavy (non-hydrogen) atoms. The molecule has 1 saturated heterocycles. The number of nitrogens with one attached hydrogen (secondary N) is 3. The zero-order valence-corrected chi connectivity index (χ0v) is 16.2. The number of carbonyl (C=O) groups is 3. The number of nitrogens with zero attached hydrogens (tertiary/aromatic N) is 1. The van der Waals surface area contributed by atoms with Gasteiger partial charge in [0, 0.05) is 47.2 Å². The topological polar surface area (TPSA) is 94.3 Å². The molecule has 0 bridgehead atoms. The molecule has 0 saturated carbocycles. The summed E-state index contributed by atoms with van der Waals surface area (Å²) in [6.07, 6.45) is 0.646. The molecule has 2 aromatic carbocycles. The molecular formula is C22H19FN4O3. The number of halogens is 1. The molecule has 1 atom stereocenters. The maximum atomic E-state index is 13.7. The van der Waals surface area contributed by atoms with Gasteiger partial charge in [-0.15, -0.1) is 0 Å². The molecule has 2 aliphatic heterocycles. The first-order valence-electron chi connectivity index (χ1n) is 9.67. The Labute approximate surface area is 171 Å². The predicted octanol–water partition coefficient (Wildman–Crippen LogP) is 2.56. The molecule has 4 amide bonds. The van der Waals surface area contributed by atoms with Crippen LogP contribution in [0.3, 0.4) is 0 Å². The molecule has 1 unspecified atom stereocenters. The molecule has 1 fully saturated rings. The van der Waals surface area contributed by atoms with Crippen LogP contribution >= 0.6 is 0 Å². The summed E-state index contributed by atoms with van der Waals surface area (Å²) in [5, 5.41) is 5.63. The number of fused-ring (bicyclic) bond motifs is 3. The molecule has 7 nitrogen and oxygen atoms in total. The SMILES string of the molecule is CC1(c2cccc(C(=O)N3CCc4[nH]c5ccc(F)cc5c4C3)c2)NC(=O)NC1=O.